The van der Waals surface area contributed by atoms with Crippen LogP contribution in [0.2, 0.25) is 0 Å². The van der Waals surface area contributed by atoms with Crippen LogP contribution in [0.3, 0.4) is 0 Å². The minimum absolute atomic E-state index is 0.214. The zero-order valence-corrected chi connectivity index (χ0v) is 20.0. The van der Waals surface area contributed by atoms with E-state index in [2.05, 4.69) is 38.4 Å². The second-order valence-corrected chi connectivity index (χ2v) is 9.49. The lowest BCUT2D eigenvalue weighted by atomic mass is 10.1. The number of ether oxygens (including phenoxy) is 3. The maximum Gasteiger partial charge on any atom is 0.247 e. The number of fused-ring (bicyclic) bond motifs is 4. The van der Waals surface area contributed by atoms with Crippen LogP contribution in [0.5, 0.6) is 17.4 Å². The minimum atomic E-state index is -0.500. The molecule has 1 N–H and O–H groups in total. The molecule has 2 aromatic carbocycles. The number of rotatable bonds is 7. The van der Waals surface area contributed by atoms with Crippen LogP contribution in [0.25, 0.3) is 11.3 Å². The molecule has 1 atom stereocenters. The van der Waals surface area contributed by atoms with Gasteiger partial charge in [-0.05, 0) is 24.6 Å². The van der Waals surface area contributed by atoms with E-state index in [9.17, 15) is 0 Å². The largest absolute Gasteiger partial charge is 0.454 e. The van der Waals surface area contributed by atoms with Gasteiger partial charge < -0.3 is 19.5 Å². The molecule has 0 aliphatic carbocycles. The molecule has 0 radical (unpaired) electrons. The van der Waals surface area contributed by atoms with Crippen molar-refractivity contribution < 1.29 is 14.2 Å². The number of hydrogen-bond donors (Lipinski definition) is 1. The molecule has 0 spiro atoms. The third-order valence-corrected chi connectivity index (χ3v) is 6.95. The Morgan fingerprint density at radius 1 is 1.09 bits per heavy atom. The molecular formula is C23H23BrN4O3S. The predicted molar refractivity (Wildman–Crippen MR) is 127 cm³/mol. The minimum Gasteiger partial charge on any atom is -0.454 e. The Morgan fingerprint density at radius 2 is 1.94 bits per heavy atom. The Kier molecular flexibility index (Phi) is 6.36. The Bertz CT molecular complexity index is 1130. The van der Waals surface area contributed by atoms with Crippen LogP contribution in [0.4, 0.5) is 5.69 Å². The fourth-order valence-electron chi connectivity index (χ4n) is 3.68. The van der Waals surface area contributed by atoms with Crippen molar-refractivity contribution in [2.45, 2.75) is 44.0 Å². The first-order valence-electron chi connectivity index (χ1n) is 10.7. The Morgan fingerprint density at radius 3 is 2.81 bits per heavy atom. The summed E-state index contributed by atoms with van der Waals surface area (Å²) in [7, 11) is 0. The van der Waals surface area contributed by atoms with Crippen molar-refractivity contribution in [3.8, 4) is 28.6 Å². The fourth-order valence-corrected chi connectivity index (χ4v) is 4.98. The molecular weight excluding hydrogens is 492 g/mol. The van der Waals surface area contributed by atoms with Crippen molar-refractivity contribution in [1.29, 1.82) is 0 Å². The topological polar surface area (TPSA) is 78.4 Å². The van der Waals surface area contributed by atoms with Crippen LogP contribution >= 0.6 is 27.7 Å². The van der Waals surface area contributed by atoms with Crippen LogP contribution in [0, 0.1) is 0 Å². The van der Waals surface area contributed by atoms with Gasteiger partial charge in [0, 0.05) is 27.0 Å². The number of hydrogen-bond acceptors (Lipinski definition) is 8. The zero-order valence-electron chi connectivity index (χ0n) is 17.6. The van der Waals surface area contributed by atoms with Gasteiger partial charge in [0.1, 0.15) is 0 Å². The molecule has 2 aliphatic rings. The number of nitrogens with one attached hydrogen (secondary N) is 1. The summed E-state index contributed by atoms with van der Waals surface area (Å²) in [6.07, 6.45) is 4.33. The molecule has 32 heavy (non-hydrogen) atoms. The van der Waals surface area contributed by atoms with Crippen LogP contribution in [-0.2, 0) is 0 Å². The molecule has 0 bridgehead atoms. The van der Waals surface area contributed by atoms with Crippen molar-refractivity contribution >= 4 is 33.4 Å². The second-order valence-electron chi connectivity index (χ2n) is 7.57. The maximum atomic E-state index is 6.39. The van der Waals surface area contributed by atoms with E-state index in [0.717, 1.165) is 33.5 Å². The molecule has 1 aromatic heterocycles. The van der Waals surface area contributed by atoms with E-state index in [0.29, 0.717) is 28.2 Å². The molecule has 0 saturated heterocycles. The third kappa shape index (κ3) is 4.36. The number of para-hydroxylation sites is 1. The van der Waals surface area contributed by atoms with Gasteiger partial charge in [0.15, 0.2) is 23.4 Å². The van der Waals surface area contributed by atoms with Crippen LogP contribution in [-0.4, -0.2) is 27.7 Å². The molecule has 3 aromatic rings. The third-order valence-electron chi connectivity index (χ3n) is 5.34. The summed E-state index contributed by atoms with van der Waals surface area (Å²) in [6, 6.07) is 11.8. The van der Waals surface area contributed by atoms with E-state index in [1.54, 1.807) is 11.8 Å². The normalized spacial score (nSPS) is 15.9. The van der Waals surface area contributed by atoms with Gasteiger partial charge in [0.2, 0.25) is 17.8 Å². The molecule has 0 saturated carbocycles. The number of anilines is 1. The van der Waals surface area contributed by atoms with Crippen molar-refractivity contribution in [2.75, 3.05) is 17.9 Å². The number of thioether (sulfide) groups is 1. The summed E-state index contributed by atoms with van der Waals surface area (Å²) in [5.41, 5.74) is 3.31. The Labute approximate surface area is 199 Å². The molecule has 9 heteroatoms. The van der Waals surface area contributed by atoms with E-state index in [-0.39, 0.29) is 6.79 Å². The van der Waals surface area contributed by atoms with Crippen molar-refractivity contribution in [3.05, 3.63) is 46.4 Å². The number of unbranched alkanes of at least 4 members (excludes halogenated alkanes) is 3. The van der Waals surface area contributed by atoms with Gasteiger partial charge in [-0.2, -0.15) is 4.98 Å². The lowest BCUT2D eigenvalue weighted by molar-refractivity contribution is 0.173. The van der Waals surface area contributed by atoms with Gasteiger partial charge in [0.05, 0.1) is 0 Å². The first kappa shape index (κ1) is 21.3. The summed E-state index contributed by atoms with van der Waals surface area (Å²) in [5.74, 6) is 2.83. The van der Waals surface area contributed by atoms with Crippen molar-refractivity contribution in [3.63, 3.8) is 0 Å². The van der Waals surface area contributed by atoms with E-state index in [1.165, 1.54) is 19.3 Å². The standard InChI is InChI=1S/C23H23BrN4O3S/c1-2-3-4-7-10-32-23-26-22-20(27-28-23)14-8-5-6-9-17(14)25-21(31-22)15-11-18-19(12-16(15)24)30-13-29-18/h5-6,8-9,11-12,21,25H,2-4,7,10,13H2,1H3/t21-/m1/s1. The number of nitrogens with zero attached hydrogens (tertiary/aromatic N) is 3. The quantitative estimate of drug-likeness (QED) is 0.294. The van der Waals surface area contributed by atoms with Gasteiger partial charge in [-0.3, -0.25) is 0 Å². The second kappa shape index (κ2) is 9.54. The summed E-state index contributed by atoms with van der Waals surface area (Å²) in [5, 5.41) is 13.0. The van der Waals surface area contributed by atoms with E-state index in [4.69, 9.17) is 19.2 Å². The first-order chi connectivity index (χ1) is 15.7. The Balaban J connectivity index is 1.47. The van der Waals surface area contributed by atoms with Gasteiger partial charge in [0.25, 0.3) is 0 Å². The summed E-state index contributed by atoms with van der Waals surface area (Å²) >= 11 is 5.27. The highest BCUT2D eigenvalue weighted by Crippen LogP contribution is 2.44. The van der Waals surface area contributed by atoms with Gasteiger partial charge in [-0.25, -0.2) is 0 Å². The molecule has 5 rings (SSSR count). The number of aromatic nitrogens is 3. The fraction of sp³-hybridized carbons (Fsp3) is 0.348. The molecule has 2 aliphatic heterocycles. The van der Waals surface area contributed by atoms with E-state index in [1.807, 2.05) is 36.4 Å². The first-order valence-corrected chi connectivity index (χ1v) is 12.5. The van der Waals surface area contributed by atoms with Gasteiger partial charge in [-0.1, -0.05) is 72.1 Å². The zero-order chi connectivity index (χ0) is 21.9. The van der Waals surface area contributed by atoms with Crippen LogP contribution < -0.4 is 19.5 Å². The van der Waals surface area contributed by atoms with Crippen molar-refractivity contribution in [2.24, 2.45) is 0 Å². The lowest BCUT2D eigenvalue weighted by Gasteiger charge is -2.20. The SMILES string of the molecule is CCCCCCSc1nnc2c(n1)O[C@H](c1cc3c(cc1Br)OCO3)Nc1ccccc1-2. The highest BCUT2D eigenvalue weighted by atomic mass is 79.9. The average molecular weight is 515 g/mol. The van der Waals surface area contributed by atoms with Crippen LogP contribution in [0.1, 0.15) is 44.4 Å². The summed E-state index contributed by atoms with van der Waals surface area (Å²) in [6.45, 7) is 2.43. The average Bonchev–Trinajstić information content (AvgIpc) is 3.19. The number of halogens is 1. The monoisotopic (exact) mass is 514 g/mol. The number of benzene rings is 2. The maximum absolute atomic E-state index is 6.39. The summed E-state index contributed by atoms with van der Waals surface area (Å²) in [4.78, 5) is 4.72. The van der Waals surface area contributed by atoms with Crippen molar-refractivity contribution in [1.82, 2.24) is 15.2 Å². The predicted octanol–water partition coefficient (Wildman–Crippen LogP) is 6.21. The Hall–Kier alpha value is -2.52. The van der Waals surface area contributed by atoms with Crippen LogP contribution in [0.15, 0.2) is 46.0 Å². The van der Waals surface area contributed by atoms with E-state index >= 15 is 0 Å². The highest BCUT2D eigenvalue weighted by molar-refractivity contribution is 9.10. The summed E-state index contributed by atoms with van der Waals surface area (Å²) < 4.78 is 18.3. The van der Waals surface area contributed by atoms with E-state index < -0.39 is 6.23 Å². The molecule has 3 heterocycles. The molecule has 0 amide bonds. The molecule has 7 nitrogen and oxygen atoms in total. The van der Waals surface area contributed by atoms with Gasteiger partial charge in [-0.15, -0.1) is 10.2 Å². The smallest absolute Gasteiger partial charge is 0.247 e. The highest BCUT2D eigenvalue weighted by Gasteiger charge is 2.29. The van der Waals surface area contributed by atoms with Gasteiger partial charge >= 0.3 is 0 Å². The molecule has 0 unspecified atom stereocenters. The molecule has 166 valence electrons. The lowest BCUT2D eigenvalue weighted by Crippen LogP contribution is -2.17. The molecule has 0 fully saturated rings.